The van der Waals surface area contributed by atoms with Gasteiger partial charge in [-0.05, 0) is 31.5 Å². The summed E-state index contributed by atoms with van der Waals surface area (Å²) < 4.78 is 39.6. The lowest BCUT2D eigenvalue weighted by Gasteiger charge is -2.38. The van der Waals surface area contributed by atoms with E-state index in [9.17, 15) is 18.3 Å². The fourth-order valence-electron chi connectivity index (χ4n) is 4.45. The van der Waals surface area contributed by atoms with Crippen molar-refractivity contribution >= 4 is 17.4 Å². The van der Waals surface area contributed by atoms with Crippen LogP contribution in [0.3, 0.4) is 0 Å². The lowest BCUT2D eigenvalue weighted by Crippen LogP contribution is -2.53. The van der Waals surface area contributed by atoms with E-state index in [4.69, 9.17) is 11.6 Å². The molecule has 0 amide bonds. The van der Waals surface area contributed by atoms with Crippen LogP contribution in [0.15, 0.2) is 24.3 Å². The number of benzene rings is 1. The van der Waals surface area contributed by atoms with Gasteiger partial charge in [0.1, 0.15) is 5.82 Å². The molecule has 2 aliphatic rings. The first-order valence-electron chi connectivity index (χ1n) is 10.7. The molecule has 2 fully saturated rings. The Labute approximate surface area is 190 Å². The molecule has 2 aliphatic heterocycles. The summed E-state index contributed by atoms with van der Waals surface area (Å²) in [5.41, 5.74) is 2.11. The number of aryl methyl sites for hydroxylation is 1. The summed E-state index contributed by atoms with van der Waals surface area (Å²) in [6.45, 7) is 8.10. The molecule has 1 aromatic heterocycles. The van der Waals surface area contributed by atoms with E-state index < -0.39 is 18.1 Å². The highest BCUT2D eigenvalue weighted by Crippen LogP contribution is 2.32. The van der Waals surface area contributed by atoms with Crippen LogP contribution in [0.1, 0.15) is 22.6 Å². The second-order valence-electron chi connectivity index (χ2n) is 8.56. The van der Waals surface area contributed by atoms with E-state index in [1.807, 2.05) is 24.3 Å². The van der Waals surface area contributed by atoms with Gasteiger partial charge in [-0.2, -0.15) is 13.2 Å². The van der Waals surface area contributed by atoms with Gasteiger partial charge in [0.2, 0.25) is 5.82 Å². The molecule has 10 heteroatoms. The lowest BCUT2D eigenvalue weighted by atomic mass is 10.1. The van der Waals surface area contributed by atoms with Crippen molar-refractivity contribution in [3.63, 3.8) is 0 Å². The van der Waals surface area contributed by atoms with Crippen molar-refractivity contribution in [2.45, 2.75) is 38.7 Å². The Morgan fingerprint density at radius 2 is 1.69 bits per heavy atom. The summed E-state index contributed by atoms with van der Waals surface area (Å²) in [5.74, 6) is -0.878. The van der Waals surface area contributed by atoms with E-state index in [1.54, 1.807) is 18.7 Å². The highest BCUT2D eigenvalue weighted by molar-refractivity contribution is 6.30. The maximum absolute atomic E-state index is 13.2. The molecule has 2 aromatic rings. The van der Waals surface area contributed by atoms with E-state index in [0.717, 1.165) is 37.7 Å². The molecular weight excluding hydrogens is 443 g/mol. The van der Waals surface area contributed by atoms with Crippen molar-refractivity contribution in [3.05, 3.63) is 51.9 Å². The molecule has 0 aliphatic carbocycles. The summed E-state index contributed by atoms with van der Waals surface area (Å²) in [6.07, 6.45) is -5.26. The zero-order chi connectivity index (χ0) is 23.0. The monoisotopic (exact) mass is 469 g/mol. The summed E-state index contributed by atoms with van der Waals surface area (Å²) >= 11 is 5.95. The summed E-state index contributed by atoms with van der Waals surface area (Å²) in [6, 6.07) is 7.68. The number of hydrogen-bond acceptors (Lipinski definition) is 6. The number of β-amino-alcohol motifs (C(OH)–C–C–N with tert-alkyl or cyclic N) is 1. The van der Waals surface area contributed by atoms with Gasteiger partial charge in [0.15, 0.2) is 0 Å². The van der Waals surface area contributed by atoms with Crippen LogP contribution in [0.2, 0.25) is 5.02 Å². The molecule has 2 atom stereocenters. The lowest BCUT2D eigenvalue weighted by molar-refractivity contribution is -0.145. The Kier molecular flexibility index (Phi) is 6.63. The van der Waals surface area contributed by atoms with Gasteiger partial charge in [0.25, 0.3) is 0 Å². The number of aliphatic hydroxyl groups excluding tert-OH is 1. The number of aromatic nitrogens is 2. The van der Waals surface area contributed by atoms with Gasteiger partial charge < -0.3 is 10.0 Å². The zero-order valence-electron chi connectivity index (χ0n) is 18.1. The van der Waals surface area contributed by atoms with Crippen LogP contribution >= 0.6 is 11.6 Å². The maximum atomic E-state index is 13.2. The molecular formula is C22H27ClF3N5O. The number of halogens is 4. The molecule has 2 unspecified atom stereocenters. The average molecular weight is 470 g/mol. The number of nitrogens with zero attached hydrogens (tertiary/aromatic N) is 5. The van der Waals surface area contributed by atoms with Crippen LogP contribution in [0.5, 0.6) is 0 Å². The van der Waals surface area contributed by atoms with Crippen LogP contribution in [-0.4, -0.2) is 76.3 Å². The standard InChI is InChI=1S/C22H27ClF3N5O/c1-14-15(2)27-21(22(24,25)26)28-20(14)31-12-18(19(32)13-31)30-9-7-29(8-10-30)11-16-3-5-17(23)6-4-16/h3-6,18-19,32H,7-13H2,1-2H3. The SMILES string of the molecule is Cc1nc(C(F)(F)F)nc(N2CC(O)C(N3CCN(Cc4ccc(Cl)cc4)CC3)C2)c1C. The van der Waals surface area contributed by atoms with Crippen LogP contribution in [0, 0.1) is 13.8 Å². The molecule has 174 valence electrons. The van der Waals surface area contributed by atoms with E-state index in [2.05, 4.69) is 19.8 Å². The van der Waals surface area contributed by atoms with Crippen LogP contribution in [-0.2, 0) is 12.7 Å². The van der Waals surface area contributed by atoms with Crippen molar-refractivity contribution < 1.29 is 18.3 Å². The summed E-state index contributed by atoms with van der Waals surface area (Å²) in [5, 5.41) is 11.4. The largest absolute Gasteiger partial charge is 0.451 e. The first kappa shape index (κ1) is 23.2. The molecule has 2 saturated heterocycles. The minimum absolute atomic E-state index is 0.142. The van der Waals surface area contributed by atoms with Gasteiger partial charge in [-0.1, -0.05) is 23.7 Å². The van der Waals surface area contributed by atoms with Gasteiger partial charge in [0.05, 0.1) is 12.1 Å². The molecule has 1 aromatic carbocycles. The topological polar surface area (TPSA) is 55.7 Å². The van der Waals surface area contributed by atoms with Crippen LogP contribution < -0.4 is 4.90 Å². The van der Waals surface area contributed by atoms with Gasteiger partial charge >= 0.3 is 6.18 Å². The fraction of sp³-hybridized carbons (Fsp3) is 0.545. The third kappa shape index (κ3) is 5.01. The predicted molar refractivity (Wildman–Crippen MR) is 117 cm³/mol. The highest BCUT2D eigenvalue weighted by Gasteiger charge is 2.40. The van der Waals surface area contributed by atoms with Gasteiger partial charge in [-0.15, -0.1) is 0 Å². The second-order valence-corrected chi connectivity index (χ2v) is 8.99. The quantitative estimate of drug-likeness (QED) is 0.742. The van der Waals surface area contributed by atoms with E-state index in [-0.39, 0.29) is 18.4 Å². The minimum atomic E-state index is -4.61. The van der Waals surface area contributed by atoms with Crippen LogP contribution in [0.25, 0.3) is 0 Å². The first-order chi connectivity index (χ1) is 15.1. The Bertz CT molecular complexity index is 948. The third-order valence-corrected chi connectivity index (χ3v) is 6.62. The molecule has 0 saturated carbocycles. The number of hydrogen-bond donors (Lipinski definition) is 1. The molecule has 0 radical (unpaired) electrons. The Balaban J connectivity index is 1.40. The maximum Gasteiger partial charge on any atom is 0.451 e. The van der Waals surface area contributed by atoms with Crippen molar-refractivity contribution in [2.24, 2.45) is 0 Å². The number of aliphatic hydroxyl groups is 1. The highest BCUT2D eigenvalue weighted by atomic mass is 35.5. The number of rotatable bonds is 4. The zero-order valence-corrected chi connectivity index (χ0v) is 18.9. The molecule has 4 rings (SSSR count). The van der Waals surface area contributed by atoms with Gasteiger partial charge in [-0.25, -0.2) is 9.97 Å². The van der Waals surface area contributed by atoms with E-state index in [1.165, 1.54) is 5.56 Å². The Hall–Kier alpha value is -1.94. The molecule has 0 bridgehead atoms. The van der Waals surface area contributed by atoms with Crippen LogP contribution in [0.4, 0.5) is 19.0 Å². The van der Waals surface area contributed by atoms with Crippen molar-refractivity contribution in [1.29, 1.82) is 0 Å². The molecule has 32 heavy (non-hydrogen) atoms. The van der Waals surface area contributed by atoms with Crippen molar-refractivity contribution in [3.8, 4) is 0 Å². The Morgan fingerprint density at radius 3 is 2.31 bits per heavy atom. The summed E-state index contributed by atoms with van der Waals surface area (Å²) in [4.78, 5) is 13.8. The summed E-state index contributed by atoms with van der Waals surface area (Å²) in [7, 11) is 0. The molecule has 0 spiro atoms. The second kappa shape index (κ2) is 9.13. The normalized spacial score (nSPS) is 23.2. The van der Waals surface area contributed by atoms with Crippen molar-refractivity contribution in [2.75, 3.05) is 44.2 Å². The predicted octanol–water partition coefficient (Wildman–Crippen LogP) is 3.13. The first-order valence-corrected chi connectivity index (χ1v) is 11.1. The molecule has 6 nitrogen and oxygen atoms in total. The van der Waals surface area contributed by atoms with E-state index in [0.29, 0.717) is 17.8 Å². The third-order valence-electron chi connectivity index (χ3n) is 6.37. The Morgan fingerprint density at radius 1 is 1.03 bits per heavy atom. The fourth-order valence-corrected chi connectivity index (χ4v) is 4.58. The van der Waals surface area contributed by atoms with Gasteiger partial charge in [0, 0.05) is 62.1 Å². The minimum Gasteiger partial charge on any atom is -0.390 e. The number of anilines is 1. The molecule has 3 heterocycles. The van der Waals surface area contributed by atoms with Gasteiger partial charge in [-0.3, -0.25) is 9.80 Å². The van der Waals surface area contributed by atoms with Crippen molar-refractivity contribution in [1.82, 2.24) is 19.8 Å². The number of alkyl halides is 3. The van der Waals surface area contributed by atoms with E-state index >= 15 is 0 Å². The smallest absolute Gasteiger partial charge is 0.390 e. The average Bonchev–Trinajstić information content (AvgIpc) is 3.13. The number of piperazine rings is 1. The molecule has 1 N–H and O–H groups in total.